The summed E-state index contributed by atoms with van der Waals surface area (Å²) in [6.07, 6.45) is 3.75. The maximum Gasteiger partial charge on any atom is 0.410 e. The van der Waals surface area contributed by atoms with E-state index in [0.29, 0.717) is 25.2 Å². The summed E-state index contributed by atoms with van der Waals surface area (Å²) in [5, 5.41) is 3.62. The lowest BCUT2D eigenvalue weighted by molar-refractivity contribution is 0.0261. The fraction of sp³-hybridized carbons (Fsp3) is 0.941. The predicted octanol–water partition coefficient (Wildman–Crippen LogP) is 2.46. The van der Waals surface area contributed by atoms with Crippen molar-refractivity contribution in [2.75, 3.05) is 26.2 Å². The molecular weight excluding hydrogens is 278 g/mol. The van der Waals surface area contributed by atoms with E-state index >= 15 is 0 Å². The standard InChI is InChI=1S/C17H33N3O2/c1-6-19(16(21)22-17(3,4)5)10-9-18-14-11-13(2)20(12-14)15-7-8-15/h13-15,18H,6-12H2,1-5H3. The fourth-order valence-electron chi connectivity index (χ4n) is 3.23. The highest BCUT2D eigenvalue weighted by atomic mass is 16.6. The maximum atomic E-state index is 12.1. The molecule has 1 heterocycles. The molecular formula is C17H33N3O2. The number of likely N-dealkylation sites (N-methyl/N-ethyl adjacent to an activating group) is 1. The molecule has 22 heavy (non-hydrogen) atoms. The van der Waals surface area contributed by atoms with Crippen LogP contribution in [0.5, 0.6) is 0 Å². The molecule has 0 aromatic carbocycles. The van der Waals surface area contributed by atoms with Gasteiger partial charge >= 0.3 is 6.09 Å². The van der Waals surface area contributed by atoms with E-state index in [-0.39, 0.29) is 6.09 Å². The van der Waals surface area contributed by atoms with Gasteiger partial charge in [0, 0.05) is 44.3 Å². The number of nitrogens with zero attached hydrogens (tertiary/aromatic N) is 2. The molecule has 0 spiro atoms. The van der Waals surface area contributed by atoms with Crippen molar-refractivity contribution in [2.24, 2.45) is 0 Å². The molecule has 128 valence electrons. The van der Waals surface area contributed by atoms with E-state index in [1.807, 2.05) is 27.7 Å². The third-order valence-electron chi connectivity index (χ3n) is 4.49. The Morgan fingerprint density at radius 2 is 2.05 bits per heavy atom. The summed E-state index contributed by atoms with van der Waals surface area (Å²) in [5.41, 5.74) is -0.427. The Hall–Kier alpha value is -0.810. The van der Waals surface area contributed by atoms with E-state index in [9.17, 15) is 4.79 Å². The normalized spacial score (nSPS) is 26.2. The second-order valence-corrected chi connectivity index (χ2v) is 7.72. The molecule has 1 saturated carbocycles. The van der Waals surface area contributed by atoms with Gasteiger partial charge in [-0.3, -0.25) is 4.90 Å². The highest BCUT2D eigenvalue weighted by Gasteiger charge is 2.38. The number of nitrogens with one attached hydrogen (secondary N) is 1. The molecule has 1 N–H and O–H groups in total. The van der Waals surface area contributed by atoms with Crippen LogP contribution in [0.4, 0.5) is 4.79 Å². The summed E-state index contributed by atoms with van der Waals surface area (Å²) in [4.78, 5) is 16.5. The summed E-state index contributed by atoms with van der Waals surface area (Å²) < 4.78 is 5.44. The number of likely N-dealkylation sites (tertiary alicyclic amines) is 1. The minimum absolute atomic E-state index is 0.212. The lowest BCUT2D eigenvalue weighted by atomic mass is 10.2. The first-order valence-corrected chi connectivity index (χ1v) is 8.77. The topological polar surface area (TPSA) is 44.8 Å². The van der Waals surface area contributed by atoms with Crippen LogP contribution in [0.1, 0.15) is 53.9 Å². The molecule has 1 amide bonds. The second kappa shape index (κ2) is 7.18. The molecule has 2 atom stereocenters. The average molecular weight is 311 g/mol. The Kier molecular flexibility index (Phi) is 5.72. The smallest absolute Gasteiger partial charge is 0.410 e. The number of ether oxygens (including phenoxy) is 1. The van der Waals surface area contributed by atoms with Gasteiger partial charge < -0.3 is 15.0 Å². The zero-order valence-electron chi connectivity index (χ0n) is 14.9. The largest absolute Gasteiger partial charge is 0.444 e. The Morgan fingerprint density at radius 1 is 1.36 bits per heavy atom. The van der Waals surface area contributed by atoms with E-state index in [0.717, 1.165) is 19.1 Å². The maximum absolute atomic E-state index is 12.1. The molecule has 2 unspecified atom stereocenters. The van der Waals surface area contributed by atoms with Gasteiger partial charge in [-0.05, 0) is 53.9 Å². The van der Waals surface area contributed by atoms with Crippen LogP contribution in [0, 0.1) is 0 Å². The lowest BCUT2D eigenvalue weighted by Gasteiger charge is -2.27. The minimum atomic E-state index is -0.427. The first kappa shape index (κ1) is 17.5. The number of amides is 1. The fourth-order valence-corrected chi connectivity index (χ4v) is 3.23. The summed E-state index contributed by atoms with van der Waals surface area (Å²) in [5.74, 6) is 0. The molecule has 5 heteroatoms. The first-order chi connectivity index (χ1) is 10.3. The lowest BCUT2D eigenvalue weighted by Crippen LogP contribution is -2.42. The van der Waals surface area contributed by atoms with Crippen LogP contribution < -0.4 is 5.32 Å². The first-order valence-electron chi connectivity index (χ1n) is 8.77. The van der Waals surface area contributed by atoms with Gasteiger partial charge in [-0.1, -0.05) is 0 Å². The molecule has 0 bridgehead atoms. The van der Waals surface area contributed by atoms with Crippen molar-refractivity contribution >= 4 is 6.09 Å². The molecule has 1 aliphatic carbocycles. The SMILES string of the molecule is CCN(CCNC1CC(C)N(C2CC2)C1)C(=O)OC(C)(C)C. The van der Waals surface area contributed by atoms with E-state index < -0.39 is 5.60 Å². The minimum Gasteiger partial charge on any atom is -0.444 e. The van der Waals surface area contributed by atoms with Gasteiger partial charge in [0.05, 0.1) is 0 Å². The highest BCUT2D eigenvalue weighted by Crippen LogP contribution is 2.33. The van der Waals surface area contributed by atoms with E-state index in [2.05, 4.69) is 17.1 Å². The monoisotopic (exact) mass is 311 g/mol. The van der Waals surface area contributed by atoms with E-state index in [1.165, 1.54) is 19.3 Å². The van der Waals surface area contributed by atoms with Crippen molar-refractivity contribution in [1.29, 1.82) is 0 Å². The third-order valence-corrected chi connectivity index (χ3v) is 4.49. The summed E-state index contributed by atoms with van der Waals surface area (Å²) in [6.45, 7) is 13.4. The summed E-state index contributed by atoms with van der Waals surface area (Å²) in [6, 6.07) is 2.10. The molecule has 1 aliphatic heterocycles. The van der Waals surface area contributed by atoms with Crippen LogP contribution in [-0.4, -0.2) is 65.8 Å². The van der Waals surface area contributed by atoms with E-state index in [4.69, 9.17) is 4.74 Å². The van der Waals surface area contributed by atoms with Crippen LogP contribution in [0.3, 0.4) is 0 Å². The highest BCUT2D eigenvalue weighted by molar-refractivity contribution is 5.68. The van der Waals surface area contributed by atoms with Gasteiger partial charge in [-0.25, -0.2) is 4.79 Å². The van der Waals surface area contributed by atoms with Crippen LogP contribution in [0.15, 0.2) is 0 Å². The van der Waals surface area contributed by atoms with Crippen LogP contribution >= 0.6 is 0 Å². The number of carbonyl (C=O) groups is 1. The van der Waals surface area contributed by atoms with Gasteiger partial charge in [0.15, 0.2) is 0 Å². The quantitative estimate of drug-likeness (QED) is 0.818. The zero-order chi connectivity index (χ0) is 16.3. The van der Waals surface area contributed by atoms with Crippen LogP contribution in [-0.2, 0) is 4.74 Å². The van der Waals surface area contributed by atoms with E-state index in [1.54, 1.807) is 4.90 Å². The van der Waals surface area contributed by atoms with Crippen molar-refractivity contribution in [3.05, 3.63) is 0 Å². The second-order valence-electron chi connectivity index (χ2n) is 7.72. The van der Waals surface area contributed by atoms with Crippen molar-refractivity contribution in [3.8, 4) is 0 Å². The van der Waals surface area contributed by atoms with Gasteiger partial charge in [-0.15, -0.1) is 0 Å². The summed E-state index contributed by atoms with van der Waals surface area (Å²) >= 11 is 0. The number of hydrogen-bond donors (Lipinski definition) is 1. The summed E-state index contributed by atoms with van der Waals surface area (Å²) in [7, 11) is 0. The van der Waals surface area contributed by atoms with Gasteiger partial charge in [0.2, 0.25) is 0 Å². The van der Waals surface area contributed by atoms with Crippen LogP contribution in [0.2, 0.25) is 0 Å². The molecule has 5 nitrogen and oxygen atoms in total. The molecule has 1 saturated heterocycles. The Labute approximate surface area is 135 Å². The Morgan fingerprint density at radius 3 is 2.59 bits per heavy atom. The van der Waals surface area contributed by atoms with Gasteiger partial charge in [0.25, 0.3) is 0 Å². The molecule has 0 aromatic heterocycles. The number of carbonyl (C=O) groups excluding carboxylic acids is 1. The van der Waals surface area contributed by atoms with Crippen molar-refractivity contribution in [2.45, 2.75) is 77.6 Å². The Bertz CT molecular complexity index is 377. The van der Waals surface area contributed by atoms with Crippen molar-refractivity contribution in [3.63, 3.8) is 0 Å². The van der Waals surface area contributed by atoms with Crippen LogP contribution in [0.25, 0.3) is 0 Å². The number of rotatable bonds is 6. The van der Waals surface area contributed by atoms with Crippen molar-refractivity contribution < 1.29 is 9.53 Å². The molecule has 2 rings (SSSR count). The van der Waals surface area contributed by atoms with Gasteiger partial charge in [0.1, 0.15) is 5.60 Å². The predicted molar refractivity (Wildman–Crippen MR) is 89.1 cm³/mol. The molecule has 2 fully saturated rings. The molecule has 0 aromatic rings. The van der Waals surface area contributed by atoms with Crippen molar-refractivity contribution in [1.82, 2.24) is 15.1 Å². The molecule has 0 radical (unpaired) electrons. The number of hydrogen-bond acceptors (Lipinski definition) is 4. The third kappa shape index (κ3) is 5.13. The molecule has 2 aliphatic rings. The van der Waals surface area contributed by atoms with Gasteiger partial charge in [-0.2, -0.15) is 0 Å². The average Bonchev–Trinajstić information content (AvgIpc) is 3.17. The Balaban J connectivity index is 1.69. The zero-order valence-corrected chi connectivity index (χ0v) is 14.9.